The lowest BCUT2D eigenvalue weighted by Crippen LogP contribution is -1.86. The summed E-state index contributed by atoms with van der Waals surface area (Å²) in [6.45, 7) is 4.19. The minimum absolute atomic E-state index is 0.245. The van der Waals surface area contributed by atoms with Crippen molar-refractivity contribution in [1.29, 1.82) is 0 Å². The average Bonchev–Trinajstić information content (AvgIpc) is 1.83. The Morgan fingerprint density at radius 3 is 2.50 bits per heavy atom. The summed E-state index contributed by atoms with van der Waals surface area (Å²) in [6, 6.07) is 0. The number of halogens is 1. The van der Waals surface area contributed by atoms with Gasteiger partial charge in [-0.15, -0.1) is 11.6 Å². The highest BCUT2D eigenvalue weighted by Crippen LogP contribution is 2.02. The minimum atomic E-state index is 0.245. The molecule has 0 rings (SSSR count). The van der Waals surface area contributed by atoms with E-state index in [9.17, 15) is 0 Å². The van der Waals surface area contributed by atoms with Gasteiger partial charge in [0, 0.05) is 0 Å². The van der Waals surface area contributed by atoms with Gasteiger partial charge < -0.3 is 0 Å². The first kappa shape index (κ1) is 8.03. The van der Waals surface area contributed by atoms with Gasteiger partial charge in [0.15, 0.2) is 0 Å². The second-order valence-electron chi connectivity index (χ2n) is 1.76. The highest BCUT2D eigenvalue weighted by atomic mass is 35.5. The van der Waals surface area contributed by atoms with E-state index in [0.717, 1.165) is 12.8 Å². The Hall–Kier alpha value is 0.0300. The number of rotatable bonds is 3. The average molecular weight is 133 g/mol. The summed E-state index contributed by atoms with van der Waals surface area (Å²) in [6.07, 6.45) is 6.25. The van der Waals surface area contributed by atoms with Crippen LogP contribution in [0.25, 0.3) is 0 Å². The fraction of sp³-hybridized carbons (Fsp3) is 0.714. The van der Waals surface area contributed by atoms with Gasteiger partial charge in [0.25, 0.3) is 0 Å². The molecule has 0 aromatic heterocycles. The minimum Gasteiger partial charge on any atom is -0.118 e. The standard InChI is InChI=1S/C7H13Cl/c1-3-5-6-7(8)4-2/h5-7H,3-4H2,1-2H3/b6-5-/t7-/m1/s1. The van der Waals surface area contributed by atoms with Crippen molar-refractivity contribution < 1.29 is 0 Å². The summed E-state index contributed by atoms with van der Waals surface area (Å²) in [5.41, 5.74) is 0. The van der Waals surface area contributed by atoms with Crippen molar-refractivity contribution in [3.05, 3.63) is 12.2 Å². The first-order valence-electron chi connectivity index (χ1n) is 3.12. The summed E-state index contributed by atoms with van der Waals surface area (Å²) < 4.78 is 0. The van der Waals surface area contributed by atoms with Gasteiger partial charge in [0.1, 0.15) is 0 Å². The lowest BCUT2D eigenvalue weighted by atomic mass is 10.3. The van der Waals surface area contributed by atoms with E-state index in [1.165, 1.54) is 0 Å². The molecule has 0 heterocycles. The largest absolute Gasteiger partial charge is 0.118 e. The SMILES string of the molecule is CC/C=C\[C@H](Cl)CC. The van der Waals surface area contributed by atoms with Crippen LogP contribution in [0.15, 0.2) is 12.2 Å². The van der Waals surface area contributed by atoms with Crippen LogP contribution in [0.3, 0.4) is 0 Å². The maximum atomic E-state index is 5.76. The van der Waals surface area contributed by atoms with Crippen molar-refractivity contribution in [2.24, 2.45) is 0 Å². The summed E-state index contributed by atoms with van der Waals surface area (Å²) in [4.78, 5) is 0. The van der Waals surface area contributed by atoms with Crippen LogP contribution in [0.2, 0.25) is 0 Å². The molecule has 0 spiro atoms. The molecule has 0 saturated carbocycles. The number of allylic oxidation sites excluding steroid dienone is 2. The van der Waals surface area contributed by atoms with E-state index in [2.05, 4.69) is 19.9 Å². The quantitative estimate of drug-likeness (QED) is 0.409. The molecule has 0 aromatic carbocycles. The number of hydrogen-bond donors (Lipinski definition) is 0. The predicted molar refractivity (Wildman–Crippen MR) is 39.4 cm³/mol. The fourth-order valence-corrected chi connectivity index (χ4v) is 0.523. The zero-order valence-corrected chi connectivity index (χ0v) is 6.28. The van der Waals surface area contributed by atoms with Gasteiger partial charge in [0.2, 0.25) is 0 Å². The molecule has 0 N–H and O–H groups in total. The van der Waals surface area contributed by atoms with Crippen LogP contribution in [0.5, 0.6) is 0 Å². The highest BCUT2D eigenvalue weighted by Gasteiger charge is 1.90. The second-order valence-corrected chi connectivity index (χ2v) is 2.32. The molecular formula is C7H13Cl. The third-order valence-corrected chi connectivity index (χ3v) is 1.42. The van der Waals surface area contributed by atoms with Crippen molar-refractivity contribution in [1.82, 2.24) is 0 Å². The molecule has 0 nitrogen and oxygen atoms in total. The van der Waals surface area contributed by atoms with E-state index < -0.39 is 0 Å². The van der Waals surface area contributed by atoms with Gasteiger partial charge in [-0.2, -0.15) is 0 Å². The molecule has 0 saturated heterocycles. The molecule has 0 fully saturated rings. The van der Waals surface area contributed by atoms with Crippen LogP contribution in [-0.4, -0.2) is 5.38 Å². The molecule has 0 aliphatic carbocycles. The van der Waals surface area contributed by atoms with Gasteiger partial charge in [-0.25, -0.2) is 0 Å². The van der Waals surface area contributed by atoms with E-state index in [1.54, 1.807) is 0 Å². The fourth-order valence-electron chi connectivity index (χ4n) is 0.420. The van der Waals surface area contributed by atoms with E-state index in [1.807, 2.05) is 6.08 Å². The lowest BCUT2D eigenvalue weighted by molar-refractivity contribution is 0.959. The molecule has 1 atom stereocenters. The molecular weight excluding hydrogens is 120 g/mol. The zero-order valence-electron chi connectivity index (χ0n) is 5.52. The third kappa shape index (κ3) is 4.20. The molecule has 0 aliphatic rings. The molecule has 0 amide bonds. The maximum absolute atomic E-state index is 5.76. The summed E-state index contributed by atoms with van der Waals surface area (Å²) in [7, 11) is 0. The molecule has 0 radical (unpaired) electrons. The summed E-state index contributed by atoms with van der Waals surface area (Å²) in [5.74, 6) is 0. The Bertz CT molecular complexity index is 66.8. The lowest BCUT2D eigenvalue weighted by Gasteiger charge is -1.94. The Morgan fingerprint density at radius 1 is 1.50 bits per heavy atom. The van der Waals surface area contributed by atoms with Crippen LogP contribution in [0, 0.1) is 0 Å². The highest BCUT2D eigenvalue weighted by molar-refractivity contribution is 6.21. The Morgan fingerprint density at radius 2 is 2.12 bits per heavy atom. The Labute approximate surface area is 56.5 Å². The van der Waals surface area contributed by atoms with Gasteiger partial charge in [0.05, 0.1) is 5.38 Å². The van der Waals surface area contributed by atoms with Crippen LogP contribution >= 0.6 is 11.6 Å². The monoisotopic (exact) mass is 132 g/mol. The predicted octanol–water partition coefficient (Wildman–Crippen LogP) is 2.97. The van der Waals surface area contributed by atoms with E-state index in [0.29, 0.717) is 0 Å². The van der Waals surface area contributed by atoms with Gasteiger partial charge >= 0.3 is 0 Å². The van der Waals surface area contributed by atoms with Crippen LogP contribution in [0.1, 0.15) is 26.7 Å². The zero-order chi connectivity index (χ0) is 6.41. The first-order valence-corrected chi connectivity index (χ1v) is 3.55. The van der Waals surface area contributed by atoms with Crippen LogP contribution in [0.4, 0.5) is 0 Å². The molecule has 1 heteroatoms. The molecule has 0 bridgehead atoms. The summed E-state index contributed by atoms with van der Waals surface area (Å²) >= 11 is 5.76. The van der Waals surface area contributed by atoms with Crippen LogP contribution < -0.4 is 0 Å². The Balaban J connectivity index is 3.21. The van der Waals surface area contributed by atoms with Gasteiger partial charge in [-0.3, -0.25) is 0 Å². The smallest absolute Gasteiger partial charge is 0.0513 e. The van der Waals surface area contributed by atoms with Gasteiger partial charge in [-0.1, -0.05) is 26.0 Å². The van der Waals surface area contributed by atoms with Crippen molar-refractivity contribution in [3.63, 3.8) is 0 Å². The number of alkyl halides is 1. The van der Waals surface area contributed by atoms with E-state index in [-0.39, 0.29) is 5.38 Å². The molecule has 0 aromatic rings. The summed E-state index contributed by atoms with van der Waals surface area (Å²) in [5, 5.41) is 0.245. The molecule has 8 heavy (non-hydrogen) atoms. The van der Waals surface area contributed by atoms with E-state index >= 15 is 0 Å². The van der Waals surface area contributed by atoms with Crippen molar-refractivity contribution in [2.75, 3.05) is 0 Å². The van der Waals surface area contributed by atoms with Gasteiger partial charge in [-0.05, 0) is 12.8 Å². The van der Waals surface area contributed by atoms with Crippen molar-refractivity contribution >= 4 is 11.6 Å². The second kappa shape index (κ2) is 5.17. The van der Waals surface area contributed by atoms with Crippen molar-refractivity contribution in [3.8, 4) is 0 Å². The third-order valence-electron chi connectivity index (χ3n) is 0.971. The topological polar surface area (TPSA) is 0 Å². The Kier molecular flexibility index (Phi) is 5.19. The molecule has 0 aliphatic heterocycles. The van der Waals surface area contributed by atoms with Crippen molar-refractivity contribution in [2.45, 2.75) is 32.1 Å². The van der Waals surface area contributed by atoms with E-state index in [4.69, 9.17) is 11.6 Å². The maximum Gasteiger partial charge on any atom is 0.0513 e. The first-order chi connectivity index (χ1) is 3.81. The normalized spacial score (nSPS) is 14.9. The van der Waals surface area contributed by atoms with Crippen LogP contribution in [-0.2, 0) is 0 Å². The molecule has 48 valence electrons. The molecule has 0 unspecified atom stereocenters. The number of hydrogen-bond acceptors (Lipinski definition) is 0.